The summed E-state index contributed by atoms with van der Waals surface area (Å²) in [6.07, 6.45) is 0. The first-order chi connectivity index (χ1) is 16.0. The monoisotopic (exact) mass is 439 g/mol. The van der Waals surface area contributed by atoms with Crippen molar-refractivity contribution in [2.24, 2.45) is 0 Å². The first kappa shape index (κ1) is 20.4. The van der Waals surface area contributed by atoms with Gasteiger partial charge in [-0.3, -0.25) is 4.79 Å². The minimum absolute atomic E-state index is 0.196. The van der Waals surface area contributed by atoms with E-state index in [1.165, 1.54) is 4.40 Å². The zero-order valence-electron chi connectivity index (χ0n) is 18.1. The number of fused-ring (bicyclic) bond motifs is 3. The van der Waals surface area contributed by atoms with E-state index in [0.717, 1.165) is 15.8 Å². The van der Waals surface area contributed by atoms with Crippen LogP contribution in [0.4, 0.5) is 5.69 Å². The summed E-state index contributed by atoms with van der Waals surface area (Å²) in [5.41, 5.74) is 3.65. The van der Waals surface area contributed by atoms with Gasteiger partial charge in [-0.2, -0.15) is 0 Å². The van der Waals surface area contributed by atoms with E-state index in [2.05, 4.69) is 15.4 Å². The van der Waals surface area contributed by atoms with Crippen LogP contribution in [0.25, 0.3) is 16.7 Å². The maximum atomic E-state index is 13.3. The van der Waals surface area contributed by atoms with E-state index in [9.17, 15) is 9.59 Å². The standard InChI is InChI=1S/C25H21N5O3/c1-16-9-8-14-21(17(16)2)33-24-23-28-29(15-22(31)26-18-10-4-3-5-11-18)25(32)30(23)20-13-7-6-12-19(20)27-24/h3-14H,15H2,1-2H3,(H,26,31). The summed E-state index contributed by atoms with van der Waals surface area (Å²) in [7, 11) is 0. The summed E-state index contributed by atoms with van der Waals surface area (Å²) in [6, 6.07) is 22.0. The van der Waals surface area contributed by atoms with Gasteiger partial charge in [0.1, 0.15) is 12.3 Å². The lowest BCUT2D eigenvalue weighted by molar-refractivity contribution is -0.117. The maximum Gasteiger partial charge on any atom is 0.351 e. The van der Waals surface area contributed by atoms with Crippen LogP contribution in [0.1, 0.15) is 11.1 Å². The highest BCUT2D eigenvalue weighted by molar-refractivity contribution is 5.90. The SMILES string of the molecule is Cc1cccc(Oc2nc3ccccc3n3c(=O)n(CC(=O)Nc4ccccc4)nc23)c1C. The molecule has 0 saturated heterocycles. The molecule has 0 unspecified atom stereocenters. The van der Waals surface area contributed by atoms with E-state index in [1.807, 2.05) is 62.4 Å². The summed E-state index contributed by atoms with van der Waals surface area (Å²) in [4.78, 5) is 30.4. The molecule has 0 atom stereocenters. The molecule has 0 aliphatic carbocycles. The third-order valence-electron chi connectivity index (χ3n) is 5.49. The molecule has 5 rings (SSSR count). The Kier molecular flexibility index (Phi) is 5.10. The first-order valence-corrected chi connectivity index (χ1v) is 10.5. The topological polar surface area (TPSA) is 90.5 Å². The number of amides is 1. The van der Waals surface area contributed by atoms with Crippen molar-refractivity contribution in [3.05, 3.63) is 94.4 Å². The summed E-state index contributed by atoms with van der Waals surface area (Å²) >= 11 is 0. The van der Waals surface area contributed by atoms with Crippen molar-refractivity contribution in [3.8, 4) is 11.6 Å². The lowest BCUT2D eigenvalue weighted by atomic mass is 10.1. The number of anilines is 1. The number of carbonyl (C=O) groups excluding carboxylic acids is 1. The Morgan fingerprint density at radius 2 is 1.73 bits per heavy atom. The van der Waals surface area contributed by atoms with Crippen LogP contribution in [-0.2, 0) is 11.3 Å². The minimum atomic E-state index is -0.447. The van der Waals surface area contributed by atoms with Crippen LogP contribution in [0, 0.1) is 13.8 Å². The lowest BCUT2D eigenvalue weighted by Gasteiger charge is -2.11. The zero-order valence-corrected chi connectivity index (χ0v) is 18.1. The van der Waals surface area contributed by atoms with E-state index in [1.54, 1.807) is 24.3 Å². The fraction of sp³-hybridized carbons (Fsp3) is 0.120. The molecular formula is C25H21N5O3. The van der Waals surface area contributed by atoms with Crippen molar-refractivity contribution in [1.82, 2.24) is 19.2 Å². The predicted molar refractivity (Wildman–Crippen MR) is 126 cm³/mol. The van der Waals surface area contributed by atoms with E-state index >= 15 is 0 Å². The van der Waals surface area contributed by atoms with Crippen LogP contribution in [0.2, 0.25) is 0 Å². The van der Waals surface area contributed by atoms with E-state index in [0.29, 0.717) is 22.5 Å². The number of aromatic nitrogens is 4. The van der Waals surface area contributed by atoms with Gasteiger partial charge in [0.2, 0.25) is 11.6 Å². The van der Waals surface area contributed by atoms with Crippen molar-refractivity contribution in [1.29, 1.82) is 0 Å². The van der Waals surface area contributed by atoms with Gasteiger partial charge in [-0.05, 0) is 55.3 Å². The number of ether oxygens (including phenoxy) is 1. The maximum absolute atomic E-state index is 13.3. The number of rotatable bonds is 5. The molecule has 2 aromatic heterocycles. The third kappa shape index (κ3) is 3.82. The molecule has 0 bridgehead atoms. The van der Waals surface area contributed by atoms with Crippen LogP contribution in [-0.4, -0.2) is 25.1 Å². The number of hydrogen-bond acceptors (Lipinski definition) is 5. The largest absolute Gasteiger partial charge is 0.436 e. The Hall–Kier alpha value is -4.46. The van der Waals surface area contributed by atoms with Gasteiger partial charge in [0.15, 0.2) is 0 Å². The molecule has 8 nitrogen and oxygen atoms in total. The van der Waals surface area contributed by atoms with Gasteiger partial charge in [-0.1, -0.05) is 42.5 Å². The summed E-state index contributed by atoms with van der Waals surface area (Å²) < 4.78 is 8.68. The number of aryl methyl sites for hydroxylation is 1. The Morgan fingerprint density at radius 3 is 2.55 bits per heavy atom. The molecule has 0 spiro atoms. The average molecular weight is 439 g/mol. The molecule has 3 aromatic carbocycles. The molecule has 0 aliphatic rings. The molecule has 33 heavy (non-hydrogen) atoms. The third-order valence-corrected chi connectivity index (χ3v) is 5.49. The fourth-order valence-corrected chi connectivity index (χ4v) is 3.64. The van der Waals surface area contributed by atoms with E-state index in [4.69, 9.17) is 4.74 Å². The molecule has 164 valence electrons. The van der Waals surface area contributed by atoms with Crippen molar-refractivity contribution in [2.75, 3.05) is 5.32 Å². The fourth-order valence-electron chi connectivity index (χ4n) is 3.64. The number of hydrogen-bond donors (Lipinski definition) is 1. The molecule has 0 aliphatic heterocycles. The van der Waals surface area contributed by atoms with Crippen LogP contribution < -0.4 is 15.7 Å². The highest BCUT2D eigenvalue weighted by Crippen LogP contribution is 2.29. The molecule has 1 N–H and O–H groups in total. The van der Waals surface area contributed by atoms with Crippen molar-refractivity contribution in [3.63, 3.8) is 0 Å². The van der Waals surface area contributed by atoms with Crippen LogP contribution in [0.15, 0.2) is 77.6 Å². The number of carbonyl (C=O) groups is 1. The van der Waals surface area contributed by atoms with Crippen LogP contribution >= 0.6 is 0 Å². The summed E-state index contributed by atoms with van der Waals surface area (Å²) in [5.74, 6) is 0.464. The van der Waals surface area contributed by atoms with Gasteiger partial charge in [0.05, 0.1) is 11.0 Å². The summed E-state index contributed by atoms with van der Waals surface area (Å²) in [5, 5.41) is 7.18. The van der Waals surface area contributed by atoms with Gasteiger partial charge in [-0.15, -0.1) is 5.10 Å². The van der Waals surface area contributed by atoms with Gasteiger partial charge in [-0.25, -0.2) is 18.9 Å². The highest BCUT2D eigenvalue weighted by atomic mass is 16.5. The van der Waals surface area contributed by atoms with Gasteiger partial charge < -0.3 is 10.1 Å². The predicted octanol–water partition coefficient (Wildman–Crippen LogP) is 4.09. The minimum Gasteiger partial charge on any atom is -0.436 e. The molecule has 0 radical (unpaired) electrons. The molecule has 8 heteroatoms. The van der Waals surface area contributed by atoms with E-state index in [-0.39, 0.29) is 24.0 Å². The Bertz CT molecular complexity index is 1550. The number of nitrogens with zero attached hydrogens (tertiary/aromatic N) is 4. The Morgan fingerprint density at radius 1 is 0.970 bits per heavy atom. The van der Waals surface area contributed by atoms with Gasteiger partial charge in [0.25, 0.3) is 5.88 Å². The Balaban J connectivity index is 1.60. The molecule has 2 heterocycles. The highest BCUT2D eigenvalue weighted by Gasteiger charge is 2.19. The zero-order chi connectivity index (χ0) is 22.9. The summed E-state index contributed by atoms with van der Waals surface area (Å²) in [6.45, 7) is 3.71. The molecule has 5 aromatic rings. The second kappa shape index (κ2) is 8.23. The first-order valence-electron chi connectivity index (χ1n) is 10.5. The average Bonchev–Trinajstić information content (AvgIpc) is 3.14. The van der Waals surface area contributed by atoms with Crippen molar-refractivity contribution >= 4 is 28.3 Å². The quantitative estimate of drug-likeness (QED) is 0.445. The second-order valence-corrected chi connectivity index (χ2v) is 7.72. The Labute approximate surface area is 189 Å². The normalized spacial score (nSPS) is 11.1. The number of para-hydroxylation sites is 3. The molecule has 1 amide bonds. The van der Waals surface area contributed by atoms with Gasteiger partial charge >= 0.3 is 5.69 Å². The lowest BCUT2D eigenvalue weighted by Crippen LogP contribution is -2.28. The van der Waals surface area contributed by atoms with Crippen LogP contribution in [0.3, 0.4) is 0 Å². The number of benzene rings is 3. The molecule has 0 fully saturated rings. The van der Waals surface area contributed by atoms with E-state index < -0.39 is 5.69 Å². The molecule has 0 saturated carbocycles. The van der Waals surface area contributed by atoms with Crippen LogP contribution in [0.5, 0.6) is 11.6 Å². The molecular weight excluding hydrogens is 418 g/mol. The second-order valence-electron chi connectivity index (χ2n) is 7.72. The smallest absolute Gasteiger partial charge is 0.351 e. The van der Waals surface area contributed by atoms with Crippen molar-refractivity contribution < 1.29 is 9.53 Å². The number of nitrogens with one attached hydrogen (secondary N) is 1. The van der Waals surface area contributed by atoms with Gasteiger partial charge in [0, 0.05) is 5.69 Å². The van der Waals surface area contributed by atoms with Crippen molar-refractivity contribution in [2.45, 2.75) is 20.4 Å².